The van der Waals surface area contributed by atoms with Gasteiger partial charge in [0.25, 0.3) is 5.91 Å². The summed E-state index contributed by atoms with van der Waals surface area (Å²) in [5.74, 6) is -0.859. The van der Waals surface area contributed by atoms with Crippen molar-refractivity contribution < 1.29 is 18.7 Å². The number of nitrogens with zero attached hydrogens (tertiary/aromatic N) is 3. The van der Waals surface area contributed by atoms with Crippen molar-refractivity contribution in [3.63, 3.8) is 0 Å². The Labute approximate surface area is 191 Å². The van der Waals surface area contributed by atoms with E-state index in [0.29, 0.717) is 23.6 Å². The summed E-state index contributed by atoms with van der Waals surface area (Å²) in [4.78, 5) is 42.2. The highest BCUT2D eigenvalue weighted by atomic mass is 79.9. The van der Waals surface area contributed by atoms with Crippen molar-refractivity contribution in [2.45, 2.75) is 31.3 Å². The maximum Gasteiger partial charge on any atom is 0.409 e. The Balaban J connectivity index is 1.86. The molecule has 2 heterocycles. The number of rotatable bonds is 5. The lowest BCUT2D eigenvalue weighted by Gasteiger charge is -2.35. The van der Waals surface area contributed by atoms with Crippen LogP contribution < -0.4 is 5.43 Å². The van der Waals surface area contributed by atoms with Crippen LogP contribution in [0.25, 0.3) is 10.9 Å². The fourth-order valence-electron chi connectivity index (χ4n) is 3.59. The van der Waals surface area contributed by atoms with Gasteiger partial charge in [-0.25, -0.2) is 9.18 Å². The monoisotopic (exact) mass is 514 g/mol. The van der Waals surface area contributed by atoms with E-state index in [2.05, 4.69) is 20.9 Å². The molecule has 11 heteroatoms. The van der Waals surface area contributed by atoms with E-state index in [-0.39, 0.29) is 27.1 Å². The van der Waals surface area contributed by atoms with Crippen LogP contribution >= 0.6 is 27.9 Å². The van der Waals surface area contributed by atoms with Crippen molar-refractivity contribution in [1.82, 2.24) is 19.3 Å². The number of carbonyl (C=O) groups is 2. The van der Waals surface area contributed by atoms with Crippen LogP contribution in [0.4, 0.5) is 9.18 Å². The SMILES string of the molecule is COC(=O)N(C)C(C(=O)N1CCCN1Sc1cc(=O)c2cc(F)c(Br)cc2[nH]1)C(C)C. The zero-order valence-electron chi connectivity index (χ0n) is 17.6. The number of amides is 2. The number of methoxy groups -OCH3 is 1. The lowest BCUT2D eigenvalue weighted by Crippen LogP contribution is -2.53. The molecular formula is C20H24BrFN4O4S. The molecule has 1 aromatic carbocycles. The maximum atomic E-state index is 13.8. The number of aromatic amines is 1. The van der Waals surface area contributed by atoms with Gasteiger partial charge in [-0.05, 0) is 52.3 Å². The first-order chi connectivity index (χ1) is 14.6. The summed E-state index contributed by atoms with van der Waals surface area (Å²) in [5.41, 5.74) is 0.177. The third kappa shape index (κ3) is 4.88. The Kier molecular flexibility index (Phi) is 7.28. The van der Waals surface area contributed by atoms with Crippen LogP contribution in [-0.4, -0.2) is 64.6 Å². The van der Waals surface area contributed by atoms with Crippen LogP contribution in [0.5, 0.6) is 0 Å². The van der Waals surface area contributed by atoms with E-state index in [1.54, 1.807) is 16.5 Å². The van der Waals surface area contributed by atoms with E-state index in [4.69, 9.17) is 4.74 Å². The first-order valence-electron chi connectivity index (χ1n) is 9.73. The average molecular weight is 515 g/mol. The number of H-pyrrole nitrogens is 1. The van der Waals surface area contributed by atoms with Gasteiger partial charge in [-0.2, -0.15) is 4.41 Å². The minimum absolute atomic E-state index is 0.128. The highest BCUT2D eigenvalue weighted by molar-refractivity contribution is 9.10. The molecule has 168 valence electrons. The Bertz CT molecular complexity index is 1060. The van der Waals surface area contributed by atoms with Crippen LogP contribution in [0.3, 0.4) is 0 Å². The number of hydrogen-bond acceptors (Lipinski definition) is 6. The van der Waals surface area contributed by atoms with Gasteiger partial charge in [-0.15, -0.1) is 0 Å². The lowest BCUT2D eigenvalue weighted by molar-refractivity contribution is -0.144. The highest BCUT2D eigenvalue weighted by Gasteiger charge is 2.38. The summed E-state index contributed by atoms with van der Waals surface area (Å²) < 4.78 is 20.6. The summed E-state index contributed by atoms with van der Waals surface area (Å²) in [7, 11) is 2.82. The molecule has 1 aliphatic heterocycles. The predicted octanol–water partition coefficient (Wildman–Crippen LogP) is 3.61. The van der Waals surface area contributed by atoms with Crippen LogP contribution in [0.2, 0.25) is 0 Å². The first kappa shape index (κ1) is 23.6. The Morgan fingerprint density at radius 3 is 2.65 bits per heavy atom. The molecule has 3 rings (SSSR count). The average Bonchev–Trinajstić information content (AvgIpc) is 3.16. The van der Waals surface area contributed by atoms with Crippen LogP contribution in [0.15, 0.2) is 32.5 Å². The van der Waals surface area contributed by atoms with E-state index in [9.17, 15) is 18.8 Å². The number of aromatic nitrogens is 1. The summed E-state index contributed by atoms with van der Waals surface area (Å²) in [6, 6.07) is 3.41. The van der Waals surface area contributed by atoms with Gasteiger partial charge >= 0.3 is 6.09 Å². The van der Waals surface area contributed by atoms with Crippen LogP contribution in [0.1, 0.15) is 20.3 Å². The molecule has 1 N–H and O–H groups in total. The zero-order valence-corrected chi connectivity index (χ0v) is 20.0. The van der Waals surface area contributed by atoms with Gasteiger partial charge < -0.3 is 9.72 Å². The van der Waals surface area contributed by atoms with Gasteiger partial charge in [0.2, 0.25) is 0 Å². The Hall–Kier alpha value is -2.11. The van der Waals surface area contributed by atoms with Gasteiger partial charge in [0.1, 0.15) is 11.9 Å². The molecule has 31 heavy (non-hydrogen) atoms. The maximum absolute atomic E-state index is 13.8. The normalized spacial score (nSPS) is 15.5. The predicted molar refractivity (Wildman–Crippen MR) is 120 cm³/mol. The number of halogens is 2. The van der Waals surface area contributed by atoms with Crippen LogP contribution in [-0.2, 0) is 9.53 Å². The van der Waals surface area contributed by atoms with Gasteiger partial charge in [-0.1, -0.05) is 13.8 Å². The molecular weight excluding hydrogens is 491 g/mol. The number of ether oxygens (including phenoxy) is 1. The van der Waals surface area contributed by atoms with E-state index in [1.165, 1.54) is 42.2 Å². The van der Waals surface area contributed by atoms with Crippen molar-refractivity contribution >= 4 is 50.8 Å². The standard InChI is InChI=1S/C20H24BrFN4O4S/c1-11(2)18(24(3)20(29)30-4)19(28)25-6-5-7-26(25)31-17-10-16(27)12-8-14(22)13(21)9-15(12)23-17/h8-11,18H,5-7H2,1-4H3,(H,23,27). The van der Waals surface area contributed by atoms with E-state index < -0.39 is 18.0 Å². The molecule has 1 saturated heterocycles. The summed E-state index contributed by atoms with van der Waals surface area (Å²) in [6.45, 7) is 4.83. The van der Waals surface area contributed by atoms with Crippen molar-refractivity contribution in [1.29, 1.82) is 0 Å². The summed E-state index contributed by atoms with van der Waals surface area (Å²) >= 11 is 4.35. The summed E-state index contributed by atoms with van der Waals surface area (Å²) in [5, 5.41) is 2.37. The second-order valence-corrected chi connectivity index (χ2v) is 9.46. The lowest BCUT2D eigenvalue weighted by atomic mass is 10.0. The van der Waals surface area contributed by atoms with Crippen molar-refractivity contribution in [3.05, 3.63) is 38.7 Å². The number of hydrogen-bond donors (Lipinski definition) is 1. The van der Waals surface area contributed by atoms with Crippen LogP contribution in [0, 0.1) is 11.7 Å². The second kappa shape index (κ2) is 9.58. The molecule has 0 saturated carbocycles. The third-order valence-corrected chi connectivity index (χ3v) is 6.67. The molecule has 0 bridgehead atoms. The van der Waals surface area contributed by atoms with Gasteiger partial charge in [0.15, 0.2) is 5.43 Å². The van der Waals surface area contributed by atoms with Crippen molar-refractivity contribution in [3.8, 4) is 0 Å². The second-order valence-electron chi connectivity index (χ2n) is 7.56. The molecule has 1 aromatic heterocycles. The largest absolute Gasteiger partial charge is 0.453 e. The van der Waals surface area contributed by atoms with Crippen molar-refractivity contribution in [2.75, 3.05) is 27.2 Å². The number of carbonyl (C=O) groups excluding carboxylic acids is 2. The van der Waals surface area contributed by atoms with Gasteiger partial charge in [-0.3, -0.25) is 19.5 Å². The topological polar surface area (TPSA) is 85.9 Å². The molecule has 0 radical (unpaired) electrons. The number of nitrogens with one attached hydrogen (secondary N) is 1. The number of fused-ring (bicyclic) bond motifs is 1. The molecule has 1 fully saturated rings. The fourth-order valence-corrected chi connectivity index (χ4v) is 4.96. The smallest absolute Gasteiger partial charge is 0.409 e. The molecule has 2 amide bonds. The van der Waals surface area contributed by atoms with Gasteiger partial charge in [0, 0.05) is 31.6 Å². The minimum Gasteiger partial charge on any atom is -0.453 e. The van der Waals surface area contributed by atoms with Gasteiger partial charge in [0.05, 0.1) is 22.1 Å². The Morgan fingerprint density at radius 1 is 1.29 bits per heavy atom. The fraction of sp³-hybridized carbons (Fsp3) is 0.450. The molecule has 0 aliphatic carbocycles. The van der Waals surface area contributed by atoms with Crippen molar-refractivity contribution in [2.24, 2.45) is 5.92 Å². The summed E-state index contributed by atoms with van der Waals surface area (Å²) in [6.07, 6.45) is 0.169. The van der Waals surface area contributed by atoms with E-state index in [0.717, 1.165) is 6.42 Å². The zero-order chi connectivity index (χ0) is 22.9. The minimum atomic E-state index is -0.691. The number of pyridine rings is 1. The number of benzene rings is 1. The molecule has 1 aliphatic rings. The molecule has 8 nitrogen and oxygen atoms in total. The first-order valence-corrected chi connectivity index (χ1v) is 11.3. The Morgan fingerprint density at radius 2 is 2.00 bits per heavy atom. The molecule has 1 atom stereocenters. The molecule has 0 spiro atoms. The number of hydrazine groups is 1. The number of likely N-dealkylation sites (N-methyl/N-ethyl adjacent to an activating group) is 1. The van der Waals surface area contributed by atoms with E-state index >= 15 is 0 Å². The molecule has 2 aromatic rings. The quantitative estimate of drug-likeness (QED) is 0.613. The van der Waals surface area contributed by atoms with E-state index in [1.807, 2.05) is 13.8 Å². The molecule has 1 unspecified atom stereocenters. The third-order valence-electron chi connectivity index (χ3n) is 5.06. The highest BCUT2D eigenvalue weighted by Crippen LogP contribution is 2.30.